The van der Waals surface area contributed by atoms with Gasteiger partial charge in [-0.05, 0) is 34.7 Å². The minimum absolute atomic E-state index is 0.148. The summed E-state index contributed by atoms with van der Waals surface area (Å²) in [5.74, 6) is 0.636. The molecule has 10 rings (SSSR count). The molecule has 0 fully saturated rings. The first-order chi connectivity index (χ1) is 21.1. The first-order valence-corrected chi connectivity index (χ1v) is 14.7. The molecular weight excluding hydrogens is 526 g/mol. The average molecular weight is 552 g/mol. The van der Waals surface area contributed by atoms with E-state index in [9.17, 15) is 0 Å². The second-order valence-electron chi connectivity index (χ2n) is 12.1. The molecule has 9 aromatic rings. The Morgan fingerprint density at radius 3 is 2.07 bits per heavy atom. The van der Waals surface area contributed by atoms with Gasteiger partial charge in [-0.15, -0.1) is 0 Å². The van der Waals surface area contributed by atoms with Gasteiger partial charge in [-0.1, -0.05) is 111 Å². The van der Waals surface area contributed by atoms with Gasteiger partial charge in [0.25, 0.3) is 0 Å². The number of pyridine rings is 1. The highest BCUT2D eigenvalue weighted by atomic mass is 15.2. The van der Waals surface area contributed by atoms with Crippen LogP contribution in [0.5, 0.6) is 0 Å². The van der Waals surface area contributed by atoms with E-state index in [1.165, 1.54) is 27.5 Å². The van der Waals surface area contributed by atoms with Gasteiger partial charge in [-0.25, -0.2) is 15.0 Å². The molecule has 5 nitrogen and oxygen atoms in total. The zero-order valence-electron chi connectivity index (χ0n) is 23.7. The molecular formula is C38H25N5. The van der Waals surface area contributed by atoms with Crippen molar-refractivity contribution in [3.05, 3.63) is 126 Å². The van der Waals surface area contributed by atoms with E-state index in [0.29, 0.717) is 5.95 Å². The van der Waals surface area contributed by atoms with Gasteiger partial charge in [0.15, 0.2) is 5.65 Å². The van der Waals surface area contributed by atoms with Crippen LogP contribution in [0.4, 0.5) is 0 Å². The summed E-state index contributed by atoms with van der Waals surface area (Å²) in [5.41, 5.74) is 10.5. The second-order valence-corrected chi connectivity index (χ2v) is 12.1. The van der Waals surface area contributed by atoms with E-state index in [0.717, 1.165) is 55.2 Å². The summed E-state index contributed by atoms with van der Waals surface area (Å²) in [5, 5.41) is 5.79. The number of hydrogen-bond donors (Lipinski definition) is 0. The van der Waals surface area contributed by atoms with Crippen molar-refractivity contribution in [2.45, 2.75) is 19.3 Å². The largest absolute Gasteiger partial charge is 0.289 e. The molecule has 43 heavy (non-hydrogen) atoms. The monoisotopic (exact) mass is 551 g/mol. The zero-order valence-corrected chi connectivity index (χ0v) is 23.7. The molecule has 0 bridgehead atoms. The maximum atomic E-state index is 5.39. The lowest BCUT2D eigenvalue weighted by Crippen LogP contribution is -2.24. The molecule has 0 N–H and O–H groups in total. The van der Waals surface area contributed by atoms with E-state index in [4.69, 9.17) is 15.0 Å². The number of rotatable bonds is 1. The third kappa shape index (κ3) is 2.79. The van der Waals surface area contributed by atoms with Crippen molar-refractivity contribution in [2.24, 2.45) is 0 Å². The summed E-state index contributed by atoms with van der Waals surface area (Å²) in [6.45, 7) is 4.59. The number of benzene rings is 5. The van der Waals surface area contributed by atoms with Crippen molar-refractivity contribution < 1.29 is 0 Å². The van der Waals surface area contributed by atoms with Crippen molar-refractivity contribution in [3.63, 3.8) is 0 Å². The molecule has 0 amide bonds. The Hall–Kier alpha value is -5.55. The second kappa shape index (κ2) is 7.84. The number of imidazole rings is 1. The minimum atomic E-state index is -0.148. The van der Waals surface area contributed by atoms with Crippen LogP contribution in [0.25, 0.3) is 77.5 Å². The minimum Gasteiger partial charge on any atom is -0.289 e. The van der Waals surface area contributed by atoms with Crippen LogP contribution >= 0.6 is 0 Å². The van der Waals surface area contributed by atoms with Crippen molar-refractivity contribution in [3.8, 4) is 17.2 Å². The average Bonchev–Trinajstić information content (AvgIpc) is 3.59. The molecule has 5 aromatic carbocycles. The number of aromatic nitrogens is 5. The maximum Gasteiger partial charge on any atom is 0.237 e. The molecule has 1 aliphatic rings. The van der Waals surface area contributed by atoms with Crippen LogP contribution in [-0.4, -0.2) is 23.9 Å². The number of fused-ring (bicyclic) bond motifs is 12. The fourth-order valence-electron chi connectivity index (χ4n) is 7.58. The normalized spacial score (nSPS) is 14.0. The van der Waals surface area contributed by atoms with Gasteiger partial charge in [0.1, 0.15) is 11.2 Å². The van der Waals surface area contributed by atoms with Crippen molar-refractivity contribution in [2.75, 3.05) is 0 Å². The molecule has 0 saturated carbocycles. The standard InChI is InChI=1S/C38H25N5/c1-38(2)27-17-8-5-15-25(27)33-32-28(38)18-11-19-29(32)39-37(40-33)43-31-21-10-7-16-26(31)34-36(43)41-35-24-14-4-3-12-22(24)23-13-6-9-20-30(23)42(34)35/h3-21H,1-2H3. The van der Waals surface area contributed by atoms with Crippen molar-refractivity contribution in [1.29, 1.82) is 0 Å². The highest BCUT2D eigenvalue weighted by Gasteiger charge is 2.35. The van der Waals surface area contributed by atoms with Crippen LogP contribution in [0.3, 0.4) is 0 Å². The van der Waals surface area contributed by atoms with Gasteiger partial charge in [-0.2, -0.15) is 0 Å². The molecule has 0 radical (unpaired) electrons. The van der Waals surface area contributed by atoms with Crippen LogP contribution in [0.2, 0.25) is 0 Å². The molecule has 0 unspecified atom stereocenters. The first kappa shape index (κ1) is 23.1. The Labute approximate surface area is 246 Å². The Balaban J connectivity index is 1.40. The van der Waals surface area contributed by atoms with Crippen molar-refractivity contribution >= 4 is 60.3 Å². The molecule has 0 saturated heterocycles. The molecule has 5 heteroatoms. The lowest BCUT2D eigenvalue weighted by atomic mass is 9.70. The highest BCUT2D eigenvalue weighted by Crippen LogP contribution is 2.48. The summed E-state index contributed by atoms with van der Waals surface area (Å²) in [6, 6.07) is 40.8. The van der Waals surface area contributed by atoms with Crippen LogP contribution in [0, 0.1) is 0 Å². The Bertz CT molecular complexity index is 2650. The Morgan fingerprint density at radius 2 is 1.21 bits per heavy atom. The maximum absolute atomic E-state index is 5.39. The fraction of sp³-hybridized carbons (Fsp3) is 0.0789. The lowest BCUT2D eigenvalue weighted by Gasteiger charge is -2.34. The molecule has 4 heterocycles. The Kier molecular flexibility index (Phi) is 4.20. The molecule has 202 valence electrons. The summed E-state index contributed by atoms with van der Waals surface area (Å²) in [7, 11) is 0. The summed E-state index contributed by atoms with van der Waals surface area (Å²) in [4.78, 5) is 16.0. The summed E-state index contributed by atoms with van der Waals surface area (Å²) >= 11 is 0. The number of para-hydroxylation sites is 2. The number of nitrogens with zero attached hydrogens (tertiary/aromatic N) is 5. The quantitative estimate of drug-likeness (QED) is 0.191. The van der Waals surface area contributed by atoms with Gasteiger partial charge in [0, 0.05) is 32.5 Å². The van der Waals surface area contributed by atoms with Crippen molar-refractivity contribution in [1.82, 2.24) is 23.9 Å². The van der Waals surface area contributed by atoms with E-state index in [-0.39, 0.29) is 5.41 Å². The number of hydrogen-bond acceptors (Lipinski definition) is 3. The summed E-state index contributed by atoms with van der Waals surface area (Å²) < 4.78 is 4.49. The fourth-order valence-corrected chi connectivity index (χ4v) is 7.58. The van der Waals surface area contributed by atoms with Gasteiger partial charge >= 0.3 is 0 Å². The van der Waals surface area contributed by atoms with Crippen LogP contribution < -0.4 is 0 Å². The predicted octanol–water partition coefficient (Wildman–Crippen LogP) is 8.99. The topological polar surface area (TPSA) is 48.0 Å². The first-order valence-electron chi connectivity index (χ1n) is 14.7. The summed E-state index contributed by atoms with van der Waals surface area (Å²) in [6.07, 6.45) is 0. The third-order valence-corrected chi connectivity index (χ3v) is 9.51. The molecule has 0 aliphatic heterocycles. The molecule has 0 spiro atoms. The Morgan fingerprint density at radius 1 is 0.535 bits per heavy atom. The van der Waals surface area contributed by atoms with Crippen LogP contribution in [-0.2, 0) is 5.41 Å². The SMILES string of the molecule is CC1(C)c2ccccc2-c2nc(-n3c4ccccc4c4c3nc3c5ccccc5c5ccccc5n34)nc3cccc1c23. The van der Waals surface area contributed by atoms with E-state index in [1.807, 2.05) is 0 Å². The molecule has 4 aromatic heterocycles. The van der Waals surface area contributed by atoms with Gasteiger partial charge in [0.2, 0.25) is 5.95 Å². The lowest BCUT2D eigenvalue weighted by molar-refractivity contribution is 0.643. The molecule has 1 aliphatic carbocycles. The van der Waals surface area contributed by atoms with E-state index < -0.39 is 0 Å². The van der Waals surface area contributed by atoms with E-state index in [1.54, 1.807) is 0 Å². The van der Waals surface area contributed by atoms with E-state index in [2.05, 4.69) is 138 Å². The highest BCUT2D eigenvalue weighted by molar-refractivity contribution is 6.17. The predicted molar refractivity (Wildman–Crippen MR) is 175 cm³/mol. The van der Waals surface area contributed by atoms with Gasteiger partial charge < -0.3 is 0 Å². The van der Waals surface area contributed by atoms with Crippen LogP contribution in [0.1, 0.15) is 25.0 Å². The van der Waals surface area contributed by atoms with E-state index >= 15 is 0 Å². The van der Waals surface area contributed by atoms with Gasteiger partial charge in [-0.3, -0.25) is 8.97 Å². The zero-order chi connectivity index (χ0) is 28.4. The molecule has 0 atom stereocenters. The van der Waals surface area contributed by atoms with Gasteiger partial charge in [0.05, 0.1) is 22.2 Å². The third-order valence-electron chi connectivity index (χ3n) is 9.51. The van der Waals surface area contributed by atoms with Crippen LogP contribution in [0.15, 0.2) is 115 Å². The smallest absolute Gasteiger partial charge is 0.237 e.